The van der Waals surface area contributed by atoms with Gasteiger partial charge in [0.1, 0.15) is 6.04 Å². The SMILES string of the molecule is CCOc1cc(/C=N\NC(=O)[C@H]2CCCN2S(=O)(=O)c2ccc(Cl)cc2)cc(I)c1O. The average molecular weight is 578 g/mol. The van der Waals surface area contributed by atoms with Crippen molar-refractivity contribution in [1.82, 2.24) is 9.73 Å². The van der Waals surface area contributed by atoms with Gasteiger partial charge in [-0.3, -0.25) is 4.79 Å². The Balaban J connectivity index is 1.72. The zero-order valence-corrected chi connectivity index (χ0v) is 20.3. The molecule has 1 aliphatic rings. The van der Waals surface area contributed by atoms with E-state index in [1.807, 2.05) is 22.6 Å². The Hall–Kier alpha value is -1.89. The Kier molecular flexibility index (Phi) is 7.78. The zero-order chi connectivity index (χ0) is 22.6. The molecule has 166 valence electrons. The molecular formula is C20H21ClIN3O5S. The standard InChI is InChI=1S/C20H21ClIN3O5S/c1-2-30-18-11-13(10-16(22)19(18)26)12-23-24-20(27)17-4-3-9-25(17)31(28,29)15-7-5-14(21)6-8-15/h5-8,10-12,17,26H,2-4,9H2,1H3,(H,24,27)/b23-12-/t17-/m1/s1. The van der Waals surface area contributed by atoms with Crippen molar-refractivity contribution < 1.29 is 23.1 Å². The fourth-order valence-electron chi connectivity index (χ4n) is 3.21. The molecular weight excluding hydrogens is 557 g/mol. The van der Waals surface area contributed by atoms with E-state index in [1.165, 1.54) is 34.8 Å². The number of carbonyl (C=O) groups is 1. The van der Waals surface area contributed by atoms with Gasteiger partial charge in [0.25, 0.3) is 5.91 Å². The quantitative estimate of drug-likeness (QED) is 0.298. The van der Waals surface area contributed by atoms with Crippen molar-refractivity contribution in [2.24, 2.45) is 5.10 Å². The molecule has 2 N–H and O–H groups in total. The summed E-state index contributed by atoms with van der Waals surface area (Å²) < 4.78 is 33.1. The number of ether oxygens (including phenoxy) is 1. The van der Waals surface area contributed by atoms with Gasteiger partial charge in [-0.15, -0.1) is 0 Å². The van der Waals surface area contributed by atoms with Crippen molar-refractivity contribution in [1.29, 1.82) is 0 Å². The van der Waals surface area contributed by atoms with Crippen LogP contribution in [0.3, 0.4) is 0 Å². The van der Waals surface area contributed by atoms with E-state index in [4.69, 9.17) is 16.3 Å². The normalized spacial score (nSPS) is 17.2. The molecule has 0 saturated carbocycles. The second kappa shape index (κ2) is 10.2. The number of hydrogen-bond donors (Lipinski definition) is 2. The smallest absolute Gasteiger partial charge is 0.258 e. The molecule has 1 fully saturated rings. The predicted octanol–water partition coefficient (Wildman–Crippen LogP) is 3.35. The lowest BCUT2D eigenvalue weighted by Crippen LogP contribution is -2.44. The number of phenols is 1. The van der Waals surface area contributed by atoms with E-state index >= 15 is 0 Å². The van der Waals surface area contributed by atoms with Crippen LogP contribution in [0.5, 0.6) is 11.5 Å². The minimum atomic E-state index is -3.83. The number of hydrazone groups is 1. The van der Waals surface area contributed by atoms with Crippen LogP contribution in [-0.4, -0.2) is 49.1 Å². The fraction of sp³-hybridized carbons (Fsp3) is 0.300. The first-order chi connectivity index (χ1) is 14.7. The molecule has 2 aromatic carbocycles. The third-order valence-electron chi connectivity index (χ3n) is 4.67. The summed E-state index contributed by atoms with van der Waals surface area (Å²) in [6, 6.07) is 8.28. The van der Waals surface area contributed by atoms with Crippen LogP contribution in [0.25, 0.3) is 0 Å². The number of hydrogen-bond acceptors (Lipinski definition) is 6. The maximum absolute atomic E-state index is 13.0. The number of amides is 1. The lowest BCUT2D eigenvalue weighted by Gasteiger charge is -2.22. The topological polar surface area (TPSA) is 108 Å². The van der Waals surface area contributed by atoms with Crippen molar-refractivity contribution in [3.63, 3.8) is 0 Å². The second-order valence-corrected chi connectivity index (χ2v) is 10.2. The first-order valence-electron chi connectivity index (χ1n) is 9.49. The third-order valence-corrected chi connectivity index (χ3v) is 7.66. The van der Waals surface area contributed by atoms with Crippen LogP contribution >= 0.6 is 34.2 Å². The van der Waals surface area contributed by atoms with Crippen LogP contribution in [0.4, 0.5) is 0 Å². The fourth-order valence-corrected chi connectivity index (χ4v) is 5.62. The molecule has 1 atom stereocenters. The predicted molar refractivity (Wildman–Crippen MR) is 126 cm³/mol. The van der Waals surface area contributed by atoms with Gasteiger partial charge in [0, 0.05) is 11.6 Å². The first-order valence-corrected chi connectivity index (χ1v) is 12.4. The van der Waals surface area contributed by atoms with Gasteiger partial charge in [-0.1, -0.05) is 11.6 Å². The number of nitrogens with zero attached hydrogens (tertiary/aromatic N) is 2. The van der Waals surface area contributed by atoms with Gasteiger partial charge in [0.2, 0.25) is 10.0 Å². The van der Waals surface area contributed by atoms with E-state index in [9.17, 15) is 18.3 Å². The molecule has 0 bridgehead atoms. The van der Waals surface area contributed by atoms with Crippen LogP contribution in [0.1, 0.15) is 25.3 Å². The molecule has 11 heteroatoms. The third kappa shape index (κ3) is 5.48. The lowest BCUT2D eigenvalue weighted by molar-refractivity contribution is -0.124. The number of benzene rings is 2. The largest absolute Gasteiger partial charge is 0.504 e. The van der Waals surface area contributed by atoms with Crippen LogP contribution in [0.15, 0.2) is 46.4 Å². The Bertz CT molecular complexity index is 1090. The molecule has 8 nitrogen and oxygen atoms in total. The number of phenolic OH excluding ortho intramolecular Hbond substituents is 1. The Morgan fingerprint density at radius 2 is 2.10 bits per heavy atom. The molecule has 1 heterocycles. The molecule has 1 aliphatic heterocycles. The second-order valence-electron chi connectivity index (χ2n) is 6.74. The highest BCUT2D eigenvalue weighted by Crippen LogP contribution is 2.32. The van der Waals surface area contributed by atoms with E-state index in [-0.39, 0.29) is 17.2 Å². The summed E-state index contributed by atoms with van der Waals surface area (Å²) in [6.45, 7) is 2.44. The minimum Gasteiger partial charge on any atom is -0.504 e. The molecule has 1 amide bonds. The number of rotatable bonds is 7. The molecule has 31 heavy (non-hydrogen) atoms. The Labute approximate surface area is 199 Å². The van der Waals surface area contributed by atoms with E-state index < -0.39 is 22.0 Å². The first kappa shape index (κ1) is 23.8. The Morgan fingerprint density at radius 3 is 2.77 bits per heavy atom. The van der Waals surface area contributed by atoms with Crippen molar-refractivity contribution in [2.45, 2.75) is 30.7 Å². The van der Waals surface area contributed by atoms with Gasteiger partial charge in [0.05, 0.1) is 21.3 Å². The molecule has 1 saturated heterocycles. The summed E-state index contributed by atoms with van der Waals surface area (Å²) in [5, 5.41) is 14.4. The van der Waals surface area contributed by atoms with Gasteiger partial charge in [-0.25, -0.2) is 13.8 Å². The summed E-state index contributed by atoms with van der Waals surface area (Å²) in [4.78, 5) is 12.7. The van der Waals surface area contributed by atoms with Crippen LogP contribution in [-0.2, 0) is 14.8 Å². The van der Waals surface area contributed by atoms with Crippen molar-refractivity contribution in [3.05, 3.63) is 50.6 Å². The Morgan fingerprint density at radius 1 is 1.39 bits per heavy atom. The van der Waals surface area contributed by atoms with E-state index in [2.05, 4.69) is 10.5 Å². The van der Waals surface area contributed by atoms with E-state index in [0.29, 0.717) is 39.4 Å². The maximum atomic E-state index is 13.0. The summed E-state index contributed by atoms with van der Waals surface area (Å²) in [5.41, 5.74) is 3.03. The highest BCUT2D eigenvalue weighted by molar-refractivity contribution is 14.1. The average Bonchev–Trinajstić information content (AvgIpc) is 3.23. The summed E-state index contributed by atoms with van der Waals surface area (Å²) >= 11 is 7.81. The summed E-state index contributed by atoms with van der Waals surface area (Å²) in [5.74, 6) is -0.152. The molecule has 0 aromatic heterocycles. The van der Waals surface area contributed by atoms with Gasteiger partial charge in [-0.05, 0) is 84.3 Å². The monoisotopic (exact) mass is 577 g/mol. The van der Waals surface area contributed by atoms with Gasteiger partial charge < -0.3 is 9.84 Å². The molecule has 0 aliphatic carbocycles. The minimum absolute atomic E-state index is 0.0395. The number of nitrogens with one attached hydrogen (secondary N) is 1. The summed E-state index contributed by atoms with van der Waals surface area (Å²) in [6.07, 6.45) is 2.39. The summed E-state index contributed by atoms with van der Waals surface area (Å²) in [7, 11) is -3.83. The van der Waals surface area contributed by atoms with Gasteiger partial charge >= 0.3 is 0 Å². The van der Waals surface area contributed by atoms with E-state index in [1.54, 1.807) is 19.1 Å². The van der Waals surface area contributed by atoms with Crippen LogP contribution in [0, 0.1) is 3.57 Å². The molecule has 0 radical (unpaired) electrons. The van der Waals surface area contributed by atoms with Crippen LogP contribution in [0.2, 0.25) is 5.02 Å². The van der Waals surface area contributed by atoms with Crippen LogP contribution < -0.4 is 10.2 Å². The zero-order valence-electron chi connectivity index (χ0n) is 16.6. The van der Waals surface area contributed by atoms with Crippen molar-refractivity contribution in [3.8, 4) is 11.5 Å². The highest BCUT2D eigenvalue weighted by Gasteiger charge is 2.39. The maximum Gasteiger partial charge on any atom is 0.258 e. The van der Waals surface area contributed by atoms with Gasteiger partial charge in [0.15, 0.2) is 11.5 Å². The highest BCUT2D eigenvalue weighted by atomic mass is 127. The molecule has 3 rings (SSSR count). The molecule has 0 unspecified atom stereocenters. The number of aromatic hydroxyl groups is 1. The number of halogens is 2. The number of carbonyl (C=O) groups excluding carboxylic acids is 1. The van der Waals surface area contributed by atoms with Crippen molar-refractivity contribution >= 4 is 56.3 Å². The lowest BCUT2D eigenvalue weighted by atomic mass is 10.2. The van der Waals surface area contributed by atoms with Crippen molar-refractivity contribution in [2.75, 3.05) is 13.2 Å². The van der Waals surface area contributed by atoms with Gasteiger partial charge in [-0.2, -0.15) is 9.41 Å². The molecule has 2 aromatic rings. The number of sulfonamides is 1. The molecule has 0 spiro atoms. The van der Waals surface area contributed by atoms with E-state index in [0.717, 1.165) is 0 Å².